The first-order valence-electron chi connectivity index (χ1n) is 5.15. The fraction of sp³-hybridized carbons (Fsp3) is 0.182. The van der Waals surface area contributed by atoms with E-state index in [1.165, 1.54) is 0 Å². The zero-order chi connectivity index (χ0) is 12.4. The van der Waals surface area contributed by atoms with E-state index < -0.39 is 5.91 Å². The Bertz CT molecular complexity index is 543. The topological polar surface area (TPSA) is 99.8 Å². The number of carbonyl (C=O) groups is 1. The predicted molar refractivity (Wildman–Crippen MR) is 62.5 cm³/mol. The van der Waals surface area contributed by atoms with Crippen molar-refractivity contribution in [3.63, 3.8) is 0 Å². The first-order valence-corrected chi connectivity index (χ1v) is 5.15. The molecule has 1 aromatic carbocycles. The first kappa shape index (κ1) is 11.3. The average Bonchev–Trinajstić information content (AvgIpc) is 2.70. The summed E-state index contributed by atoms with van der Waals surface area (Å²) in [6, 6.07) is 6.84. The van der Waals surface area contributed by atoms with Gasteiger partial charge in [-0.3, -0.25) is 4.79 Å². The van der Waals surface area contributed by atoms with Gasteiger partial charge in [0.15, 0.2) is 0 Å². The van der Waals surface area contributed by atoms with E-state index in [9.17, 15) is 4.79 Å². The second-order valence-corrected chi connectivity index (χ2v) is 3.65. The molecule has 6 heteroatoms. The minimum atomic E-state index is -0.450. The van der Waals surface area contributed by atoms with E-state index in [4.69, 9.17) is 11.5 Å². The number of amides is 1. The van der Waals surface area contributed by atoms with Crippen molar-refractivity contribution in [3.05, 3.63) is 41.2 Å². The average molecular weight is 231 g/mol. The molecule has 2 aromatic rings. The van der Waals surface area contributed by atoms with Crippen LogP contribution in [0.4, 0.5) is 0 Å². The predicted octanol–water partition coefficient (Wildman–Crippen LogP) is 0.133. The fourth-order valence-corrected chi connectivity index (χ4v) is 1.56. The van der Waals surface area contributed by atoms with Crippen LogP contribution >= 0.6 is 0 Å². The Labute approximate surface area is 98.2 Å². The van der Waals surface area contributed by atoms with E-state index in [0.717, 1.165) is 17.1 Å². The highest BCUT2D eigenvalue weighted by Crippen LogP contribution is 2.12. The molecule has 17 heavy (non-hydrogen) atoms. The van der Waals surface area contributed by atoms with Crippen molar-refractivity contribution >= 4 is 5.91 Å². The van der Waals surface area contributed by atoms with Crippen molar-refractivity contribution in [2.75, 3.05) is 0 Å². The van der Waals surface area contributed by atoms with Crippen molar-refractivity contribution < 1.29 is 4.79 Å². The Balaban J connectivity index is 2.39. The van der Waals surface area contributed by atoms with Gasteiger partial charge in [-0.2, -0.15) is 0 Å². The molecule has 1 aromatic heterocycles. The summed E-state index contributed by atoms with van der Waals surface area (Å²) in [5, 5.41) is 7.97. The molecule has 1 amide bonds. The van der Waals surface area contributed by atoms with Gasteiger partial charge in [0.05, 0.1) is 17.1 Å². The lowest BCUT2D eigenvalue weighted by atomic mass is 10.2. The summed E-state index contributed by atoms with van der Waals surface area (Å²) in [6.45, 7) is 2.25. The summed E-state index contributed by atoms with van der Waals surface area (Å²) in [5.41, 5.74) is 13.6. The Morgan fingerprint density at radius 3 is 2.47 bits per heavy atom. The summed E-state index contributed by atoms with van der Waals surface area (Å²) >= 11 is 0. The van der Waals surface area contributed by atoms with Crippen LogP contribution in [0.5, 0.6) is 0 Å². The molecule has 0 atom stereocenters. The molecule has 0 fully saturated rings. The zero-order valence-electron chi connectivity index (χ0n) is 9.42. The number of nitrogens with zero attached hydrogens (tertiary/aromatic N) is 3. The Kier molecular flexibility index (Phi) is 2.88. The molecule has 2 rings (SSSR count). The minimum absolute atomic E-state index is 0.352. The molecule has 0 radical (unpaired) electrons. The van der Waals surface area contributed by atoms with Crippen LogP contribution in [0.1, 0.15) is 21.7 Å². The van der Waals surface area contributed by atoms with E-state index in [0.29, 0.717) is 12.1 Å². The molecule has 0 bridgehead atoms. The third-order valence-electron chi connectivity index (χ3n) is 2.58. The summed E-state index contributed by atoms with van der Waals surface area (Å²) in [7, 11) is 0. The highest BCUT2D eigenvalue weighted by Gasteiger charge is 2.08. The first-order chi connectivity index (χ1) is 8.13. The van der Waals surface area contributed by atoms with Crippen molar-refractivity contribution in [2.45, 2.75) is 13.5 Å². The fourth-order valence-electron chi connectivity index (χ4n) is 1.56. The SMILES string of the molecule is Cc1c(CN)nnn1-c1ccc(C(N)=O)cc1. The molecule has 0 aliphatic heterocycles. The molecule has 0 unspecified atom stereocenters. The molecule has 1 heterocycles. The smallest absolute Gasteiger partial charge is 0.248 e. The minimum Gasteiger partial charge on any atom is -0.366 e. The van der Waals surface area contributed by atoms with Crippen LogP contribution in [-0.2, 0) is 6.54 Å². The lowest BCUT2D eigenvalue weighted by Gasteiger charge is -2.03. The van der Waals surface area contributed by atoms with Gasteiger partial charge in [-0.1, -0.05) is 5.21 Å². The van der Waals surface area contributed by atoms with E-state index in [2.05, 4.69) is 10.3 Å². The molecule has 88 valence electrons. The maximum Gasteiger partial charge on any atom is 0.248 e. The summed E-state index contributed by atoms with van der Waals surface area (Å²) in [6.07, 6.45) is 0. The van der Waals surface area contributed by atoms with Crippen molar-refractivity contribution in [2.24, 2.45) is 11.5 Å². The molecular formula is C11H13N5O. The van der Waals surface area contributed by atoms with Crippen LogP contribution in [0.2, 0.25) is 0 Å². The number of hydrogen-bond donors (Lipinski definition) is 2. The van der Waals surface area contributed by atoms with Crippen molar-refractivity contribution in [3.8, 4) is 5.69 Å². The van der Waals surface area contributed by atoms with Gasteiger partial charge in [-0.05, 0) is 31.2 Å². The Hall–Kier alpha value is -2.21. The van der Waals surface area contributed by atoms with Gasteiger partial charge in [-0.25, -0.2) is 4.68 Å². The number of rotatable bonds is 3. The quantitative estimate of drug-likeness (QED) is 0.784. The number of nitrogens with two attached hydrogens (primary N) is 2. The largest absolute Gasteiger partial charge is 0.366 e. The van der Waals surface area contributed by atoms with E-state index >= 15 is 0 Å². The Morgan fingerprint density at radius 1 is 1.35 bits per heavy atom. The van der Waals surface area contributed by atoms with Gasteiger partial charge >= 0.3 is 0 Å². The molecule has 0 spiro atoms. The number of aromatic nitrogens is 3. The Morgan fingerprint density at radius 2 is 2.00 bits per heavy atom. The summed E-state index contributed by atoms with van der Waals surface area (Å²) < 4.78 is 1.67. The summed E-state index contributed by atoms with van der Waals surface area (Å²) in [5.74, 6) is -0.450. The highest BCUT2D eigenvalue weighted by molar-refractivity contribution is 5.92. The highest BCUT2D eigenvalue weighted by atomic mass is 16.1. The number of carbonyl (C=O) groups excluding carboxylic acids is 1. The van der Waals surface area contributed by atoms with Crippen LogP contribution in [-0.4, -0.2) is 20.9 Å². The van der Waals surface area contributed by atoms with Gasteiger partial charge in [0.25, 0.3) is 0 Å². The van der Waals surface area contributed by atoms with E-state index in [1.807, 2.05) is 6.92 Å². The van der Waals surface area contributed by atoms with Gasteiger partial charge in [-0.15, -0.1) is 5.10 Å². The normalized spacial score (nSPS) is 10.5. The van der Waals surface area contributed by atoms with Crippen LogP contribution in [0.25, 0.3) is 5.69 Å². The van der Waals surface area contributed by atoms with E-state index in [1.54, 1.807) is 28.9 Å². The lowest BCUT2D eigenvalue weighted by molar-refractivity contribution is 0.100. The maximum atomic E-state index is 10.9. The summed E-state index contributed by atoms with van der Waals surface area (Å²) in [4.78, 5) is 10.9. The monoisotopic (exact) mass is 231 g/mol. The van der Waals surface area contributed by atoms with Crippen LogP contribution in [0.15, 0.2) is 24.3 Å². The van der Waals surface area contributed by atoms with E-state index in [-0.39, 0.29) is 0 Å². The standard InChI is InChI=1S/C11H13N5O/c1-7-10(6-12)14-15-16(7)9-4-2-8(3-5-9)11(13)17/h2-5H,6,12H2,1H3,(H2,13,17). The number of benzene rings is 1. The molecule has 0 saturated heterocycles. The van der Waals surface area contributed by atoms with Crippen LogP contribution in [0, 0.1) is 6.92 Å². The van der Waals surface area contributed by atoms with Gasteiger partial charge in [0.1, 0.15) is 0 Å². The lowest BCUT2D eigenvalue weighted by Crippen LogP contribution is -2.11. The van der Waals surface area contributed by atoms with Gasteiger partial charge in [0.2, 0.25) is 5.91 Å². The molecule has 0 saturated carbocycles. The molecule has 0 aliphatic rings. The molecule has 4 N–H and O–H groups in total. The van der Waals surface area contributed by atoms with Crippen molar-refractivity contribution in [1.29, 1.82) is 0 Å². The second-order valence-electron chi connectivity index (χ2n) is 3.65. The molecule has 6 nitrogen and oxygen atoms in total. The third kappa shape index (κ3) is 2.02. The van der Waals surface area contributed by atoms with Gasteiger partial charge < -0.3 is 11.5 Å². The number of primary amides is 1. The van der Waals surface area contributed by atoms with Crippen LogP contribution in [0.3, 0.4) is 0 Å². The molecular weight excluding hydrogens is 218 g/mol. The number of hydrogen-bond acceptors (Lipinski definition) is 4. The third-order valence-corrected chi connectivity index (χ3v) is 2.58. The van der Waals surface area contributed by atoms with Crippen molar-refractivity contribution in [1.82, 2.24) is 15.0 Å². The maximum absolute atomic E-state index is 10.9. The van der Waals surface area contributed by atoms with Gasteiger partial charge in [0, 0.05) is 12.1 Å². The molecule has 0 aliphatic carbocycles. The van der Waals surface area contributed by atoms with Crippen LogP contribution < -0.4 is 11.5 Å². The second kappa shape index (κ2) is 4.34. The zero-order valence-corrected chi connectivity index (χ0v) is 9.42.